The minimum atomic E-state index is 0. The van der Waals surface area contributed by atoms with Crippen LogP contribution in [0.25, 0.3) is 0 Å². The monoisotopic (exact) mass is 550 g/mol. The standard InChI is InChI=1S/C25H34N4O2.HI/c1-26-25(27-17-19-13-16-31-24-12-6-3-9-20(19)24)28-18-22(29-14-7-8-15-29)21-10-4-5-11-23(21)30-2;/h3-6,9-12,19,22H,7-8,13-18H2,1-2H3,(H2,26,27,28);1H. The molecule has 0 aliphatic carbocycles. The number of para-hydroxylation sites is 2. The van der Waals surface area contributed by atoms with Crippen molar-refractivity contribution >= 4 is 29.9 Å². The van der Waals surface area contributed by atoms with Crippen molar-refractivity contribution in [2.75, 3.05) is 46.9 Å². The van der Waals surface area contributed by atoms with E-state index in [9.17, 15) is 0 Å². The van der Waals surface area contributed by atoms with E-state index in [1.54, 1.807) is 7.11 Å². The summed E-state index contributed by atoms with van der Waals surface area (Å²) in [5, 5.41) is 7.11. The van der Waals surface area contributed by atoms with Crippen LogP contribution >= 0.6 is 24.0 Å². The molecule has 4 rings (SSSR count). The van der Waals surface area contributed by atoms with Gasteiger partial charge in [0.2, 0.25) is 0 Å². The van der Waals surface area contributed by atoms with Crippen molar-refractivity contribution in [3.8, 4) is 11.5 Å². The van der Waals surface area contributed by atoms with Crippen LogP contribution in [0.1, 0.15) is 42.3 Å². The Balaban J connectivity index is 0.00000289. The molecule has 2 atom stereocenters. The van der Waals surface area contributed by atoms with Crippen molar-refractivity contribution in [1.29, 1.82) is 0 Å². The van der Waals surface area contributed by atoms with E-state index in [0.717, 1.165) is 56.7 Å². The number of ether oxygens (including phenoxy) is 2. The number of guanidine groups is 1. The van der Waals surface area contributed by atoms with E-state index >= 15 is 0 Å². The molecule has 2 aromatic rings. The lowest BCUT2D eigenvalue weighted by Gasteiger charge is -2.30. The molecule has 1 saturated heterocycles. The van der Waals surface area contributed by atoms with Crippen LogP contribution < -0.4 is 20.1 Å². The minimum Gasteiger partial charge on any atom is -0.496 e. The molecule has 0 saturated carbocycles. The van der Waals surface area contributed by atoms with E-state index in [4.69, 9.17) is 9.47 Å². The molecule has 0 radical (unpaired) electrons. The Morgan fingerprint density at radius 3 is 2.66 bits per heavy atom. The summed E-state index contributed by atoms with van der Waals surface area (Å²) in [5.41, 5.74) is 2.51. The van der Waals surface area contributed by atoms with Gasteiger partial charge < -0.3 is 20.1 Å². The van der Waals surface area contributed by atoms with E-state index in [2.05, 4.69) is 50.9 Å². The van der Waals surface area contributed by atoms with Gasteiger partial charge in [-0.3, -0.25) is 9.89 Å². The number of rotatable bonds is 7. The zero-order chi connectivity index (χ0) is 21.5. The number of likely N-dealkylation sites (tertiary alicyclic amines) is 1. The maximum Gasteiger partial charge on any atom is 0.191 e. The van der Waals surface area contributed by atoms with Crippen LogP contribution in [0, 0.1) is 0 Å². The molecule has 0 amide bonds. The van der Waals surface area contributed by atoms with Crippen LogP contribution in [0.3, 0.4) is 0 Å². The number of hydrogen-bond acceptors (Lipinski definition) is 4. The maximum absolute atomic E-state index is 5.80. The van der Waals surface area contributed by atoms with Gasteiger partial charge in [0.25, 0.3) is 0 Å². The Hall–Kier alpha value is -2.00. The van der Waals surface area contributed by atoms with Crippen LogP contribution in [0.2, 0.25) is 0 Å². The Kier molecular flexibility index (Phi) is 9.47. The van der Waals surface area contributed by atoms with Gasteiger partial charge >= 0.3 is 0 Å². The third-order valence-corrected chi connectivity index (χ3v) is 6.36. The van der Waals surface area contributed by atoms with Crippen LogP contribution in [0.4, 0.5) is 0 Å². The first-order valence-corrected chi connectivity index (χ1v) is 11.3. The zero-order valence-corrected chi connectivity index (χ0v) is 21.4. The first-order valence-electron chi connectivity index (χ1n) is 11.3. The maximum atomic E-state index is 5.80. The molecular weight excluding hydrogens is 515 g/mol. The summed E-state index contributed by atoms with van der Waals surface area (Å²) in [6, 6.07) is 16.9. The second-order valence-electron chi connectivity index (χ2n) is 8.21. The van der Waals surface area contributed by atoms with E-state index in [1.807, 2.05) is 25.2 Å². The molecule has 2 N–H and O–H groups in total. The van der Waals surface area contributed by atoms with Crippen LogP contribution in [0.15, 0.2) is 53.5 Å². The zero-order valence-electron chi connectivity index (χ0n) is 19.0. The second-order valence-corrected chi connectivity index (χ2v) is 8.21. The average molecular weight is 550 g/mol. The Morgan fingerprint density at radius 2 is 1.88 bits per heavy atom. The fourth-order valence-corrected chi connectivity index (χ4v) is 4.69. The molecule has 6 nitrogen and oxygen atoms in total. The summed E-state index contributed by atoms with van der Waals surface area (Å²) >= 11 is 0. The summed E-state index contributed by atoms with van der Waals surface area (Å²) in [5.74, 6) is 3.21. The van der Waals surface area contributed by atoms with Gasteiger partial charge in [-0.05, 0) is 50.0 Å². The van der Waals surface area contributed by atoms with Gasteiger partial charge in [0.15, 0.2) is 5.96 Å². The molecule has 2 unspecified atom stereocenters. The summed E-state index contributed by atoms with van der Waals surface area (Å²) < 4.78 is 11.5. The van der Waals surface area contributed by atoms with Gasteiger partial charge in [-0.1, -0.05) is 36.4 Å². The largest absolute Gasteiger partial charge is 0.496 e. The summed E-state index contributed by atoms with van der Waals surface area (Å²) in [4.78, 5) is 7.03. The number of halogens is 1. The highest BCUT2D eigenvalue weighted by atomic mass is 127. The molecule has 0 bridgehead atoms. The van der Waals surface area contributed by atoms with Crippen molar-refractivity contribution in [2.24, 2.45) is 4.99 Å². The van der Waals surface area contributed by atoms with Crippen molar-refractivity contribution in [3.05, 3.63) is 59.7 Å². The highest BCUT2D eigenvalue weighted by Crippen LogP contribution is 2.33. The van der Waals surface area contributed by atoms with Crippen molar-refractivity contribution in [3.63, 3.8) is 0 Å². The molecule has 2 heterocycles. The first kappa shape index (κ1) is 24.6. The molecule has 174 valence electrons. The average Bonchev–Trinajstić information content (AvgIpc) is 3.36. The van der Waals surface area contributed by atoms with E-state index in [-0.39, 0.29) is 30.0 Å². The molecule has 2 aromatic carbocycles. The smallest absolute Gasteiger partial charge is 0.191 e. The Bertz CT molecular complexity index is 886. The number of nitrogens with zero attached hydrogens (tertiary/aromatic N) is 2. The predicted molar refractivity (Wildman–Crippen MR) is 141 cm³/mol. The molecular formula is C25H35IN4O2. The third kappa shape index (κ3) is 5.86. The number of nitrogens with one attached hydrogen (secondary N) is 2. The number of hydrogen-bond donors (Lipinski definition) is 2. The SMILES string of the molecule is CN=C(NCC1CCOc2ccccc21)NCC(c1ccccc1OC)N1CCCC1.I. The molecule has 32 heavy (non-hydrogen) atoms. The lowest BCUT2D eigenvalue weighted by atomic mass is 9.93. The number of methoxy groups -OCH3 is 1. The number of fused-ring (bicyclic) bond motifs is 1. The molecule has 7 heteroatoms. The van der Waals surface area contributed by atoms with Gasteiger partial charge in [-0.25, -0.2) is 0 Å². The van der Waals surface area contributed by atoms with Gasteiger partial charge in [-0.2, -0.15) is 0 Å². The van der Waals surface area contributed by atoms with Gasteiger partial charge in [0, 0.05) is 31.6 Å². The van der Waals surface area contributed by atoms with E-state index in [0.29, 0.717) is 5.92 Å². The molecule has 1 fully saturated rings. The predicted octanol–water partition coefficient (Wildman–Crippen LogP) is 4.18. The van der Waals surface area contributed by atoms with Gasteiger partial charge in [-0.15, -0.1) is 24.0 Å². The minimum absolute atomic E-state index is 0. The van der Waals surface area contributed by atoms with Crippen LogP contribution in [-0.4, -0.2) is 57.8 Å². The number of benzene rings is 2. The highest BCUT2D eigenvalue weighted by Gasteiger charge is 2.26. The lowest BCUT2D eigenvalue weighted by Crippen LogP contribution is -2.44. The summed E-state index contributed by atoms with van der Waals surface area (Å²) in [6.07, 6.45) is 3.52. The number of aliphatic imine (C=N–C) groups is 1. The Morgan fingerprint density at radius 1 is 1.12 bits per heavy atom. The van der Waals surface area contributed by atoms with E-state index < -0.39 is 0 Å². The summed E-state index contributed by atoms with van der Waals surface area (Å²) in [6.45, 7) is 4.62. The third-order valence-electron chi connectivity index (χ3n) is 6.36. The van der Waals surface area contributed by atoms with Crippen molar-refractivity contribution in [1.82, 2.24) is 15.5 Å². The Labute approximate surface area is 208 Å². The lowest BCUT2D eigenvalue weighted by molar-refractivity contribution is 0.239. The molecule has 0 aromatic heterocycles. The first-order chi connectivity index (χ1) is 15.3. The van der Waals surface area contributed by atoms with Gasteiger partial charge in [0.1, 0.15) is 11.5 Å². The van der Waals surface area contributed by atoms with Crippen molar-refractivity contribution < 1.29 is 9.47 Å². The topological polar surface area (TPSA) is 58.1 Å². The van der Waals surface area contributed by atoms with E-state index in [1.165, 1.54) is 24.0 Å². The fourth-order valence-electron chi connectivity index (χ4n) is 4.69. The summed E-state index contributed by atoms with van der Waals surface area (Å²) in [7, 11) is 3.58. The molecule has 0 spiro atoms. The molecule has 2 aliphatic heterocycles. The fraction of sp³-hybridized carbons (Fsp3) is 0.480. The van der Waals surface area contributed by atoms with Crippen molar-refractivity contribution in [2.45, 2.75) is 31.2 Å². The van der Waals surface area contributed by atoms with Gasteiger partial charge in [0.05, 0.1) is 19.8 Å². The highest BCUT2D eigenvalue weighted by molar-refractivity contribution is 14.0. The second kappa shape index (κ2) is 12.3. The molecule has 2 aliphatic rings. The quantitative estimate of drug-likeness (QED) is 0.308. The normalized spacial score (nSPS) is 19.3. The van der Waals surface area contributed by atoms with Crippen LogP contribution in [0.5, 0.6) is 11.5 Å². The van der Waals surface area contributed by atoms with Crippen LogP contribution in [-0.2, 0) is 0 Å².